The third-order valence-electron chi connectivity index (χ3n) is 2.45. The van der Waals surface area contributed by atoms with Crippen molar-refractivity contribution in [3.8, 4) is 0 Å². The second kappa shape index (κ2) is 4.27. The van der Waals surface area contributed by atoms with Crippen LogP contribution in [0.3, 0.4) is 0 Å². The van der Waals surface area contributed by atoms with Crippen LogP contribution in [0.5, 0.6) is 0 Å². The molecule has 1 aliphatic rings. The number of rotatable bonds is 2. The summed E-state index contributed by atoms with van der Waals surface area (Å²) < 4.78 is 0. The monoisotopic (exact) mass is 168 g/mol. The second-order valence-corrected chi connectivity index (χ2v) is 5.09. The summed E-state index contributed by atoms with van der Waals surface area (Å²) in [6.07, 6.45) is 6.48. The van der Waals surface area contributed by atoms with Crippen LogP contribution >= 0.6 is 0 Å². The molecular weight excluding hydrogens is 146 g/mol. The molecule has 12 heavy (non-hydrogen) atoms. The minimum Gasteiger partial charge on any atom is -0.317 e. The largest absolute Gasteiger partial charge is 0.317 e. The normalized spacial score (nSPS) is 21.2. The topological polar surface area (TPSA) is 12.0 Å². The van der Waals surface area contributed by atoms with Gasteiger partial charge in [0.2, 0.25) is 0 Å². The Labute approximate surface area is 76.9 Å². The predicted octanol–water partition coefficient (Wildman–Crippen LogP) is 2.63. The Morgan fingerprint density at radius 1 is 1.25 bits per heavy atom. The van der Waals surface area contributed by atoms with Gasteiger partial charge in [0.05, 0.1) is 0 Å². The average Bonchev–Trinajstić information content (AvgIpc) is 2.02. The van der Waals surface area contributed by atoms with Gasteiger partial charge in [-0.3, -0.25) is 0 Å². The van der Waals surface area contributed by atoms with Crippen LogP contribution in [0.1, 0.15) is 40.0 Å². The van der Waals surface area contributed by atoms with Gasteiger partial charge in [-0.05, 0) is 50.1 Å². The average molecular weight is 168 g/mol. The molecule has 0 aromatic carbocycles. The Bertz CT molecular complexity index is 117. The molecule has 0 bridgehead atoms. The van der Waals surface area contributed by atoms with Crippen molar-refractivity contribution in [3.63, 3.8) is 0 Å². The van der Waals surface area contributed by atoms with Gasteiger partial charge in [0.15, 0.2) is 0 Å². The van der Waals surface area contributed by atoms with E-state index in [1.165, 1.54) is 32.4 Å². The molecule has 0 aliphatic carbocycles. The molecule has 0 atom stereocenters. The predicted molar refractivity (Wildman–Crippen MR) is 54.0 cm³/mol. The highest BCUT2D eigenvalue weighted by molar-refractivity contribution is 4.84. The molecule has 71 valence electrons. The zero-order valence-corrected chi connectivity index (χ0v) is 8.69. The first-order chi connectivity index (χ1) is 5.58. The van der Waals surface area contributed by atoms with Crippen molar-refractivity contribution in [3.05, 3.63) is 6.42 Å². The highest BCUT2D eigenvalue weighted by Gasteiger charge is 2.17. The Balaban J connectivity index is 2.13. The number of nitrogens with one attached hydrogen (secondary N) is 1. The molecule has 1 aliphatic heterocycles. The number of hydrogen-bond acceptors (Lipinski definition) is 1. The maximum absolute atomic E-state index is 3.39. The van der Waals surface area contributed by atoms with E-state index in [9.17, 15) is 0 Å². The van der Waals surface area contributed by atoms with Crippen molar-refractivity contribution in [1.29, 1.82) is 0 Å². The highest BCUT2D eigenvalue weighted by Crippen LogP contribution is 2.26. The van der Waals surface area contributed by atoms with Gasteiger partial charge < -0.3 is 5.32 Å². The van der Waals surface area contributed by atoms with Crippen LogP contribution in [0.25, 0.3) is 0 Å². The third kappa shape index (κ3) is 4.10. The fourth-order valence-corrected chi connectivity index (χ4v) is 1.60. The van der Waals surface area contributed by atoms with E-state index in [0.717, 1.165) is 5.92 Å². The van der Waals surface area contributed by atoms with E-state index >= 15 is 0 Å². The van der Waals surface area contributed by atoms with Gasteiger partial charge in [-0.25, -0.2) is 0 Å². The lowest BCUT2D eigenvalue weighted by atomic mass is 9.84. The number of piperidine rings is 1. The molecule has 1 fully saturated rings. The van der Waals surface area contributed by atoms with Crippen molar-refractivity contribution in [2.24, 2.45) is 11.3 Å². The van der Waals surface area contributed by atoms with Crippen molar-refractivity contribution < 1.29 is 0 Å². The molecular formula is C11H22N. The summed E-state index contributed by atoms with van der Waals surface area (Å²) in [5.41, 5.74) is 0.477. The van der Waals surface area contributed by atoms with Gasteiger partial charge in [-0.1, -0.05) is 20.8 Å². The molecule has 1 radical (unpaired) electrons. The van der Waals surface area contributed by atoms with E-state index in [4.69, 9.17) is 0 Å². The molecule has 0 aromatic heterocycles. The molecule has 0 unspecified atom stereocenters. The van der Waals surface area contributed by atoms with E-state index < -0.39 is 0 Å². The molecule has 0 spiro atoms. The fraction of sp³-hybridized carbons (Fsp3) is 0.909. The van der Waals surface area contributed by atoms with Crippen LogP contribution in [0, 0.1) is 17.8 Å². The molecule has 0 amide bonds. The summed E-state index contributed by atoms with van der Waals surface area (Å²) in [5.74, 6) is 0.880. The summed E-state index contributed by atoms with van der Waals surface area (Å²) >= 11 is 0. The quantitative estimate of drug-likeness (QED) is 0.668. The lowest BCUT2D eigenvalue weighted by Crippen LogP contribution is -2.28. The third-order valence-corrected chi connectivity index (χ3v) is 2.45. The van der Waals surface area contributed by atoms with Crippen LogP contribution in [0.15, 0.2) is 0 Å². The number of hydrogen-bond donors (Lipinski definition) is 1. The maximum Gasteiger partial charge on any atom is -0.00462 e. The van der Waals surface area contributed by atoms with E-state index in [0.29, 0.717) is 5.41 Å². The summed E-state index contributed by atoms with van der Waals surface area (Å²) in [6.45, 7) is 9.36. The van der Waals surface area contributed by atoms with Crippen LogP contribution in [-0.2, 0) is 0 Å². The molecule has 1 N–H and O–H groups in total. The minimum absolute atomic E-state index is 0.477. The van der Waals surface area contributed by atoms with Gasteiger partial charge in [0, 0.05) is 0 Å². The van der Waals surface area contributed by atoms with Crippen LogP contribution in [-0.4, -0.2) is 13.1 Å². The van der Waals surface area contributed by atoms with E-state index in [1.54, 1.807) is 0 Å². The minimum atomic E-state index is 0.477. The zero-order valence-electron chi connectivity index (χ0n) is 8.69. The van der Waals surface area contributed by atoms with E-state index in [2.05, 4.69) is 32.5 Å². The lowest BCUT2D eigenvalue weighted by molar-refractivity contribution is 0.346. The zero-order chi connectivity index (χ0) is 9.03. The molecule has 1 heteroatoms. The van der Waals surface area contributed by atoms with Gasteiger partial charge in [0.25, 0.3) is 0 Å². The molecule has 1 rings (SSSR count). The van der Waals surface area contributed by atoms with Crippen molar-refractivity contribution in [2.45, 2.75) is 40.0 Å². The molecule has 1 nitrogen and oxygen atoms in total. The molecule has 0 aromatic rings. The van der Waals surface area contributed by atoms with Gasteiger partial charge in [-0.15, -0.1) is 0 Å². The highest BCUT2D eigenvalue weighted by atomic mass is 14.9. The smallest absolute Gasteiger partial charge is 0.00462 e. The van der Waals surface area contributed by atoms with E-state index in [1.807, 2.05) is 0 Å². The Morgan fingerprint density at radius 3 is 2.33 bits per heavy atom. The van der Waals surface area contributed by atoms with Gasteiger partial charge in [0.1, 0.15) is 0 Å². The fourth-order valence-electron chi connectivity index (χ4n) is 1.60. The van der Waals surface area contributed by atoms with E-state index in [-0.39, 0.29) is 0 Å². The SMILES string of the molecule is CC(C)(C)C[CH]C1CCNCC1. The van der Waals surface area contributed by atoms with Gasteiger partial charge in [-0.2, -0.15) is 0 Å². The van der Waals surface area contributed by atoms with Crippen LogP contribution < -0.4 is 5.32 Å². The first-order valence-electron chi connectivity index (χ1n) is 5.12. The molecule has 1 saturated heterocycles. The summed E-state index contributed by atoms with van der Waals surface area (Å²) in [7, 11) is 0. The summed E-state index contributed by atoms with van der Waals surface area (Å²) in [5, 5.41) is 3.39. The Kier molecular flexibility index (Phi) is 3.57. The summed E-state index contributed by atoms with van der Waals surface area (Å²) in [6, 6.07) is 0. The van der Waals surface area contributed by atoms with Gasteiger partial charge >= 0.3 is 0 Å². The molecule has 0 saturated carbocycles. The standard InChI is InChI=1S/C11H22N/c1-11(2,3)7-4-10-5-8-12-9-6-10/h4,10,12H,5-9H2,1-3H3. The Hall–Kier alpha value is -0.0400. The van der Waals surface area contributed by atoms with Crippen LogP contribution in [0.2, 0.25) is 0 Å². The van der Waals surface area contributed by atoms with Crippen molar-refractivity contribution >= 4 is 0 Å². The van der Waals surface area contributed by atoms with Crippen molar-refractivity contribution in [2.75, 3.05) is 13.1 Å². The Morgan fingerprint density at radius 2 is 1.83 bits per heavy atom. The maximum atomic E-state index is 3.39. The van der Waals surface area contributed by atoms with Crippen LogP contribution in [0.4, 0.5) is 0 Å². The molecule has 1 heterocycles. The first-order valence-corrected chi connectivity index (χ1v) is 5.12. The first kappa shape index (κ1) is 10.0. The summed E-state index contributed by atoms with van der Waals surface area (Å²) in [4.78, 5) is 0. The van der Waals surface area contributed by atoms with Crippen molar-refractivity contribution in [1.82, 2.24) is 5.32 Å². The second-order valence-electron chi connectivity index (χ2n) is 5.09. The lowest BCUT2D eigenvalue weighted by Gasteiger charge is -2.26.